The van der Waals surface area contributed by atoms with Gasteiger partial charge in [-0.3, -0.25) is 4.21 Å². The van der Waals surface area contributed by atoms with Crippen molar-refractivity contribution in [2.45, 2.75) is 57.2 Å². The highest BCUT2D eigenvalue weighted by Gasteiger charge is 2.33. The van der Waals surface area contributed by atoms with Gasteiger partial charge in [-0.1, -0.05) is 19.8 Å². The lowest BCUT2D eigenvalue weighted by atomic mass is 9.95. The van der Waals surface area contributed by atoms with E-state index in [4.69, 9.17) is 4.74 Å². The van der Waals surface area contributed by atoms with E-state index in [1.165, 1.54) is 0 Å². The summed E-state index contributed by atoms with van der Waals surface area (Å²) in [5.41, 5.74) is 0. The maximum absolute atomic E-state index is 12.5. The van der Waals surface area contributed by atoms with Crippen molar-refractivity contribution in [3.8, 4) is 0 Å². The van der Waals surface area contributed by atoms with Gasteiger partial charge in [-0.25, -0.2) is 4.79 Å². The van der Waals surface area contributed by atoms with Crippen LogP contribution in [0.3, 0.4) is 0 Å². The lowest BCUT2D eigenvalue weighted by molar-refractivity contribution is 0.113. The van der Waals surface area contributed by atoms with Crippen molar-refractivity contribution in [1.82, 2.24) is 10.2 Å². The molecule has 4 unspecified atom stereocenters. The number of rotatable bonds is 6. The van der Waals surface area contributed by atoms with Crippen LogP contribution >= 0.6 is 0 Å². The first-order chi connectivity index (χ1) is 10.7. The fourth-order valence-electron chi connectivity index (χ4n) is 3.48. The number of nitrogens with zero attached hydrogens (tertiary/aromatic N) is 1. The molecule has 0 radical (unpaired) electrons. The third kappa shape index (κ3) is 4.69. The van der Waals surface area contributed by atoms with Crippen molar-refractivity contribution < 1.29 is 13.7 Å². The van der Waals surface area contributed by atoms with Gasteiger partial charge >= 0.3 is 6.03 Å². The summed E-state index contributed by atoms with van der Waals surface area (Å²) in [5, 5.41) is 3.29. The van der Waals surface area contributed by atoms with Gasteiger partial charge in [-0.05, 0) is 26.2 Å². The van der Waals surface area contributed by atoms with Crippen LogP contribution in [0.1, 0.15) is 46.0 Å². The van der Waals surface area contributed by atoms with E-state index in [2.05, 4.69) is 5.32 Å². The van der Waals surface area contributed by atoms with E-state index in [-0.39, 0.29) is 17.3 Å². The van der Waals surface area contributed by atoms with Crippen LogP contribution in [0.15, 0.2) is 0 Å². The van der Waals surface area contributed by atoms with Crippen LogP contribution in [-0.2, 0) is 15.5 Å². The lowest BCUT2D eigenvalue weighted by Gasteiger charge is -2.32. The molecule has 0 bridgehead atoms. The van der Waals surface area contributed by atoms with E-state index < -0.39 is 10.8 Å². The van der Waals surface area contributed by atoms with E-state index in [0.29, 0.717) is 11.7 Å². The van der Waals surface area contributed by atoms with Crippen molar-refractivity contribution in [3.63, 3.8) is 0 Å². The quantitative estimate of drug-likeness (QED) is 0.812. The summed E-state index contributed by atoms with van der Waals surface area (Å²) < 4.78 is 17.6. The molecule has 0 aromatic rings. The average molecular weight is 330 g/mol. The molecule has 2 aliphatic rings. The van der Waals surface area contributed by atoms with Gasteiger partial charge in [0.2, 0.25) is 0 Å². The second kappa shape index (κ2) is 8.87. The number of nitrogens with one attached hydrogen (secondary N) is 1. The zero-order chi connectivity index (χ0) is 15.9. The molecule has 1 saturated heterocycles. The molecule has 0 spiro atoms. The Bertz CT molecular complexity index is 392. The second-order valence-corrected chi connectivity index (χ2v) is 8.25. The molecule has 2 fully saturated rings. The van der Waals surface area contributed by atoms with Crippen LogP contribution in [0.4, 0.5) is 4.79 Å². The normalized spacial score (nSPS) is 30.3. The number of hydrogen-bond donors (Lipinski definition) is 1. The molecular formula is C16H30N2O3S. The van der Waals surface area contributed by atoms with E-state index in [9.17, 15) is 9.00 Å². The van der Waals surface area contributed by atoms with Crippen molar-refractivity contribution >= 4 is 16.8 Å². The number of carbonyl (C=O) groups is 1. The van der Waals surface area contributed by atoms with Crippen molar-refractivity contribution in [1.29, 1.82) is 0 Å². The molecule has 0 aromatic carbocycles. The molecule has 2 amide bonds. The van der Waals surface area contributed by atoms with E-state index >= 15 is 0 Å². The predicted molar refractivity (Wildman–Crippen MR) is 89.4 cm³/mol. The van der Waals surface area contributed by atoms with Gasteiger partial charge in [0.05, 0.1) is 11.9 Å². The summed E-state index contributed by atoms with van der Waals surface area (Å²) >= 11 is 0. The number of likely N-dealkylation sites (tertiary alicyclic amines) is 1. The van der Waals surface area contributed by atoms with Crippen LogP contribution in [0.25, 0.3) is 0 Å². The third-order valence-electron chi connectivity index (χ3n) is 4.76. The molecule has 1 saturated carbocycles. The Morgan fingerprint density at radius 1 is 1.27 bits per heavy atom. The van der Waals surface area contributed by atoms with Crippen LogP contribution in [0, 0.1) is 5.92 Å². The first-order valence-corrected chi connectivity index (χ1v) is 10.0. The minimum atomic E-state index is -0.826. The molecule has 1 N–H and O–H groups in total. The highest BCUT2D eigenvalue weighted by Crippen LogP contribution is 2.24. The second-order valence-electron chi connectivity index (χ2n) is 6.31. The van der Waals surface area contributed by atoms with Gasteiger partial charge in [0.1, 0.15) is 0 Å². The zero-order valence-electron chi connectivity index (χ0n) is 13.9. The summed E-state index contributed by atoms with van der Waals surface area (Å²) in [6.45, 7) is 7.01. The van der Waals surface area contributed by atoms with Gasteiger partial charge in [0, 0.05) is 48.2 Å². The molecule has 22 heavy (non-hydrogen) atoms. The van der Waals surface area contributed by atoms with E-state index in [1.54, 1.807) is 0 Å². The Labute approximate surface area is 136 Å². The number of amides is 2. The van der Waals surface area contributed by atoms with Crippen LogP contribution < -0.4 is 5.32 Å². The molecule has 2 rings (SSSR count). The fourth-order valence-corrected chi connectivity index (χ4v) is 4.91. The summed E-state index contributed by atoms with van der Waals surface area (Å²) in [5.74, 6) is 1.13. The third-order valence-corrected chi connectivity index (χ3v) is 6.57. The Morgan fingerprint density at radius 3 is 2.77 bits per heavy atom. The molecule has 5 nitrogen and oxygen atoms in total. The number of ether oxygens (including phenoxy) is 1. The molecule has 0 aromatic heterocycles. The number of urea groups is 1. The number of hydrogen-bond acceptors (Lipinski definition) is 3. The first-order valence-electron chi connectivity index (χ1n) is 8.66. The van der Waals surface area contributed by atoms with Crippen molar-refractivity contribution in [2.24, 2.45) is 5.92 Å². The monoisotopic (exact) mass is 330 g/mol. The maximum Gasteiger partial charge on any atom is 0.317 e. The summed E-state index contributed by atoms with van der Waals surface area (Å²) in [6.07, 6.45) is 5.19. The smallest absolute Gasteiger partial charge is 0.317 e. The predicted octanol–water partition coefficient (Wildman–Crippen LogP) is 2.13. The largest absolute Gasteiger partial charge is 0.381 e. The SMILES string of the molecule is CCOCC1CCN(C(=O)NC2CCCCC2S(=O)CC)C1. The van der Waals surface area contributed by atoms with E-state index in [0.717, 1.165) is 58.4 Å². The number of carbonyl (C=O) groups excluding carboxylic acids is 1. The standard InChI is InChI=1S/C16H30N2O3S/c1-3-21-12-13-9-10-18(11-13)16(19)17-14-7-5-6-8-15(14)22(20)4-2/h13-15H,3-12H2,1-2H3,(H,17,19). The fraction of sp³-hybridized carbons (Fsp3) is 0.938. The van der Waals surface area contributed by atoms with Crippen molar-refractivity contribution in [2.75, 3.05) is 32.1 Å². The van der Waals surface area contributed by atoms with E-state index in [1.807, 2.05) is 18.7 Å². The minimum Gasteiger partial charge on any atom is -0.381 e. The van der Waals surface area contributed by atoms with Gasteiger partial charge < -0.3 is 15.0 Å². The average Bonchev–Trinajstić information content (AvgIpc) is 3.01. The Kier molecular flexibility index (Phi) is 7.15. The van der Waals surface area contributed by atoms with Crippen molar-refractivity contribution in [3.05, 3.63) is 0 Å². The van der Waals surface area contributed by atoms with Crippen LogP contribution in [0.2, 0.25) is 0 Å². The van der Waals surface area contributed by atoms with Crippen LogP contribution in [0.5, 0.6) is 0 Å². The van der Waals surface area contributed by atoms with Gasteiger partial charge in [-0.2, -0.15) is 0 Å². The molecule has 6 heteroatoms. The van der Waals surface area contributed by atoms with Crippen LogP contribution in [-0.4, -0.2) is 58.5 Å². The molecule has 1 heterocycles. The van der Waals surface area contributed by atoms with Gasteiger partial charge in [0.15, 0.2) is 0 Å². The highest BCUT2D eigenvalue weighted by atomic mass is 32.2. The molecule has 128 valence electrons. The molecule has 1 aliphatic heterocycles. The van der Waals surface area contributed by atoms with Gasteiger partial charge in [-0.15, -0.1) is 0 Å². The topological polar surface area (TPSA) is 58.6 Å². The Morgan fingerprint density at radius 2 is 2.05 bits per heavy atom. The maximum atomic E-state index is 12.5. The minimum absolute atomic E-state index is 0.0176. The molecular weight excluding hydrogens is 300 g/mol. The lowest BCUT2D eigenvalue weighted by Crippen LogP contribution is -2.51. The Hall–Kier alpha value is -0.620. The summed E-state index contributed by atoms with van der Waals surface area (Å²) in [4.78, 5) is 14.4. The summed E-state index contributed by atoms with van der Waals surface area (Å²) in [6, 6.07) is 0.0944. The first kappa shape index (κ1) is 17.7. The molecule has 4 atom stereocenters. The van der Waals surface area contributed by atoms with Gasteiger partial charge in [0.25, 0.3) is 0 Å². The molecule has 1 aliphatic carbocycles. The summed E-state index contributed by atoms with van der Waals surface area (Å²) in [7, 11) is -0.826. The zero-order valence-corrected chi connectivity index (χ0v) is 14.7. The highest BCUT2D eigenvalue weighted by molar-refractivity contribution is 7.85. The Balaban J connectivity index is 1.84.